The summed E-state index contributed by atoms with van der Waals surface area (Å²) in [5.74, 6) is 1.05. The number of aliphatic hydroxyl groups is 1. The van der Waals surface area contributed by atoms with Crippen molar-refractivity contribution in [1.82, 2.24) is 15.0 Å². The maximum atomic E-state index is 9.87. The van der Waals surface area contributed by atoms with Crippen LogP contribution in [0.3, 0.4) is 0 Å². The van der Waals surface area contributed by atoms with E-state index >= 15 is 0 Å². The summed E-state index contributed by atoms with van der Waals surface area (Å²) in [6.07, 6.45) is 4.05. The van der Waals surface area contributed by atoms with Crippen LogP contribution >= 0.6 is 0 Å². The molecule has 0 saturated heterocycles. The molecule has 1 unspecified atom stereocenters. The lowest BCUT2D eigenvalue weighted by molar-refractivity contribution is 0.0604. The molecule has 6 nitrogen and oxygen atoms in total. The summed E-state index contributed by atoms with van der Waals surface area (Å²) in [5.41, 5.74) is 2.68. The Morgan fingerprint density at radius 2 is 1.81 bits per heavy atom. The summed E-state index contributed by atoms with van der Waals surface area (Å²) in [7, 11) is 0. The maximum absolute atomic E-state index is 9.87. The Bertz CT molecular complexity index is 604. The minimum Gasteiger partial charge on any atom is -0.489 e. The highest BCUT2D eigenvalue weighted by atomic mass is 16.5. The molecule has 0 aliphatic heterocycles. The lowest BCUT2D eigenvalue weighted by atomic mass is 10.2. The zero-order valence-corrected chi connectivity index (χ0v) is 12.4. The van der Waals surface area contributed by atoms with Gasteiger partial charge in [0.15, 0.2) is 0 Å². The average molecular weight is 289 g/mol. The van der Waals surface area contributed by atoms with E-state index in [9.17, 15) is 5.11 Å². The Balaban J connectivity index is 1.80. The molecule has 0 aliphatic rings. The van der Waals surface area contributed by atoms with Crippen LogP contribution < -0.4 is 9.47 Å². The summed E-state index contributed by atoms with van der Waals surface area (Å²) >= 11 is 0. The lowest BCUT2D eigenvalue weighted by Gasteiger charge is -2.14. The van der Waals surface area contributed by atoms with Crippen LogP contribution in [0, 0.1) is 20.8 Å². The second kappa shape index (κ2) is 6.99. The number of aliphatic hydroxyl groups excluding tert-OH is 1. The van der Waals surface area contributed by atoms with Gasteiger partial charge in [-0.15, -0.1) is 0 Å². The standard InChI is InChI=1S/C15H19N3O3/c1-10-4-11(2)17-6-14(10)20-8-13(19)9-21-15-7-16-5-12(3)18-15/h4-7,13,19H,8-9H2,1-3H3. The van der Waals surface area contributed by atoms with Crippen LogP contribution in [-0.4, -0.2) is 39.4 Å². The van der Waals surface area contributed by atoms with E-state index in [1.807, 2.05) is 26.8 Å². The second-order valence-corrected chi connectivity index (χ2v) is 4.87. The first-order chi connectivity index (χ1) is 10.0. The van der Waals surface area contributed by atoms with E-state index in [1.54, 1.807) is 12.4 Å². The predicted molar refractivity (Wildman–Crippen MR) is 77.5 cm³/mol. The number of nitrogens with zero attached hydrogens (tertiary/aromatic N) is 3. The van der Waals surface area contributed by atoms with Crippen LogP contribution in [0.25, 0.3) is 0 Å². The van der Waals surface area contributed by atoms with Gasteiger partial charge in [0.2, 0.25) is 5.88 Å². The molecule has 2 aromatic rings. The fourth-order valence-electron chi connectivity index (χ4n) is 1.76. The van der Waals surface area contributed by atoms with E-state index in [4.69, 9.17) is 9.47 Å². The highest BCUT2D eigenvalue weighted by Crippen LogP contribution is 2.16. The first-order valence-electron chi connectivity index (χ1n) is 6.70. The van der Waals surface area contributed by atoms with Crippen molar-refractivity contribution in [2.24, 2.45) is 0 Å². The topological polar surface area (TPSA) is 77.4 Å². The molecule has 6 heteroatoms. The summed E-state index contributed by atoms with van der Waals surface area (Å²) in [6.45, 7) is 5.91. The largest absolute Gasteiger partial charge is 0.489 e. The van der Waals surface area contributed by atoms with E-state index in [2.05, 4.69) is 15.0 Å². The van der Waals surface area contributed by atoms with Gasteiger partial charge in [0.25, 0.3) is 0 Å². The van der Waals surface area contributed by atoms with Gasteiger partial charge >= 0.3 is 0 Å². The highest BCUT2D eigenvalue weighted by molar-refractivity contribution is 5.30. The molecule has 1 N–H and O–H groups in total. The van der Waals surface area contributed by atoms with Gasteiger partial charge in [0.1, 0.15) is 25.1 Å². The second-order valence-electron chi connectivity index (χ2n) is 4.87. The molecule has 21 heavy (non-hydrogen) atoms. The average Bonchev–Trinajstić information content (AvgIpc) is 2.44. The Morgan fingerprint density at radius 3 is 2.52 bits per heavy atom. The molecule has 0 bridgehead atoms. The van der Waals surface area contributed by atoms with Crippen LogP contribution in [-0.2, 0) is 0 Å². The third kappa shape index (κ3) is 4.68. The summed E-state index contributed by atoms with van der Waals surface area (Å²) in [5, 5.41) is 9.87. The van der Waals surface area contributed by atoms with Crippen molar-refractivity contribution < 1.29 is 14.6 Å². The minimum absolute atomic E-state index is 0.0937. The van der Waals surface area contributed by atoms with Gasteiger partial charge in [-0.2, -0.15) is 0 Å². The van der Waals surface area contributed by atoms with E-state index in [0.717, 1.165) is 17.0 Å². The van der Waals surface area contributed by atoms with E-state index < -0.39 is 6.10 Å². The maximum Gasteiger partial charge on any atom is 0.232 e. The zero-order valence-electron chi connectivity index (χ0n) is 12.4. The third-order valence-corrected chi connectivity index (χ3v) is 2.79. The van der Waals surface area contributed by atoms with Gasteiger partial charge in [-0.3, -0.25) is 9.97 Å². The molecule has 0 amide bonds. The van der Waals surface area contributed by atoms with Crippen molar-refractivity contribution in [2.75, 3.05) is 13.2 Å². The molecular weight excluding hydrogens is 270 g/mol. The van der Waals surface area contributed by atoms with Crippen molar-refractivity contribution in [3.8, 4) is 11.6 Å². The number of aromatic nitrogens is 3. The monoisotopic (exact) mass is 289 g/mol. The SMILES string of the molecule is Cc1cc(C)c(OCC(O)COc2cncc(C)n2)cn1. The molecule has 112 valence electrons. The van der Waals surface area contributed by atoms with Crippen molar-refractivity contribution in [3.63, 3.8) is 0 Å². The van der Waals surface area contributed by atoms with E-state index in [1.165, 1.54) is 6.20 Å². The van der Waals surface area contributed by atoms with Crippen LogP contribution in [0.15, 0.2) is 24.7 Å². The number of ether oxygens (including phenoxy) is 2. The lowest BCUT2D eigenvalue weighted by Crippen LogP contribution is -2.25. The number of hydrogen-bond acceptors (Lipinski definition) is 6. The van der Waals surface area contributed by atoms with Crippen LogP contribution in [0.1, 0.15) is 17.0 Å². The van der Waals surface area contributed by atoms with Crippen molar-refractivity contribution >= 4 is 0 Å². The molecular formula is C15H19N3O3. The quantitative estimate of drug-likeness (QED) is 0.870. The molecule has 0 radical (unpaired) electrons. The smallest absolute Gasteiger partial charge is 0.232 e. The number of aryl methyl sites for hydroxylation is 3. The number of pyridine rings is 1. The van der Waals surface area contributed by atoms with Crippen molar-refractivity contribution in [2.45, 2.75) is 26.9 Å². The fraction of sp³-hybridized carbons (Fsp3) is 0.400. The minimum atomic E-state index is -0.756. The zero-order chi connectivity index (χ0) is 15.2. The predicted octanol–water partition coefficient (Wildman–Crippen LogP) is 1.62. The molecule has 0 aromatic carbocycles. The van der Waals surface area contributed by atoms with E-state index in [-0.39, 0.29) is 13.2 Å². The Labute approximate surface area is 123 Å². The Kier molecular flexibility index (Phi) is 5.05. The number of rotatable bonds is 6. The Morgan fingerprint density at radius 1 is 1.05 bits per heavy atom. The molecule has 1 atom stereocenters. The molecule has 0 saturated carbocycles. The van der Waals surface area contributed by atoms with Crippen molar-refractivity contribution in [1.29, 1.82) is 0 Å². The van der Waals surface area contributed by atoms with Gasteiger partial charge in [0, 0.05) is 11.9 Å². The van der Waals surface area contributed by atoms with Gasteiger partial charge < -0.3 is 14.6 Å². The molecule has 2 rings (SSSR count). The summed E-state index contributed by atoms with van der Waals surface area (Å²) in [6, 6.07) is 1.93. The molecule has 2 heterocycles. The first-order valence-corrected chi connectivity index (χ1v) is 6.70. The normalized spacial score (nSPS) is 12.0. The fourth-order valence-corrected chi connectivity index (χ4v) is 1.76. The molecule has 0 spiro atoms. The molecule has 0 aliphatic carbocycles. The van der Waals surface area contributed by atoms with E-state index in [0.29, 0.717) is 11.6 Å². The van der Waals surface area contributed by atoms with Gasteiger partial charge in [-0.1, -0.05) is 0 Å². The molecule has 2 aromatic heterocycles. The van der Waals surface area contributed by atoms with Gasteiger partial charge in [0.05, 0.1) is 18.1 Å². The summed E-state index contributed by atoms with van der Waals surface area (Å²) < 4.78 is 10.9. The van der Waals surface area contributed by atoms with Gasteiger partial charge in [-0.05, 0) is 32.4 Å². The molecule has 0 fully saturated rings. The van der Waals surface area contributed by atoms with Gasteiger partial charge in [-0.25, -0.2) is 4.98 Å². The first kappa shape index (κ1) is 15.2. The van der Waals surface area contributed by atoms with Crippen LogP contribution in [0.2, 0.25) is 0 Å². The summed E-state index contributed by atoms with van der Waals surface area (Å²) in [4.78, 5) is 12.3. The number of hydrogen-bond donors (Lipinski definition) is 1. The third-order valence-electron chi connectivity index (χ3n) is 2.79. The van der Waals surface area contributed by atoms with Crippen molar-refractivity contribution in [3.05, 3.63) is 41.6 Å². The Hall–Kier alpha value is -2.21. The van der Waals surface area contributed by atoms with Crippen LogP contribution in [0.5, 0.6) is 11.6 Å². The van der Waals surface area contributed by atoms with Crippen LogP contribution in [0.4, 0.5) is 0 Å². The highest BCUT2D eigenvalue weighted by Gasteiger charge is 2.09.